The molecule has 8 nitrogen and oxygen atoms in total. The van der Waals surface area contributed by atoms with Crippen molar-refractivity contribution in [3.63, 3.8) is 0 Å². The maximum absolute atomic E-state index is 13.0. The molecular formula is C17H23N3O5S2. The van der Waals surface area contributed by atoms with Crippen LogP contribution in [-0.2, 0) is 14.8 Å². The molecule has 148 valence electrons. The highest BCUT2D eigenvalue weighted by Crippen LogP contribution is 2.26. The number of hydrogen-bond donors (Lipinski definition) is 0. The fourth-order valence-corrected chi connectivity index (χ4v) is 5.72. The lowest BCUT2D eigenvalue weighted by Gasteiger charge is -2.33. The maximum Gasteiger partial charge on any atom is 0.409 e. The van der Waals surface area contributed by atoms with Crippen LogP contribution in [0, 0.1) is 0 Å². The first-order chi connectivity index (χ1) is 12.8. The SMILES string of the molecule is CCOC(=O)N1CCN(S(=O)(=O)c2ccc3c(c2)sc(=O)n3C(C)C)CC1. The van der Waals surface area contributed by atoms with Crippen molar-refractivity contribution >= 4 is 37.7 Å². The molecule has 1 aliphatic heterocycles. The molecule has 0 spiro atoms. The van der Waals surface area contributed by atoms with Crippen LogP contribution in [-0.4, -0.2) is 61.1 Å². The summed E-state index contributed by atoms with van der Waals surface area (Å²) in [7, 11) is -3.69. The molecule has 1 amide bonds. The standard InChI is InChI=1S/C17H23N3O5S2/c1-4-25-16(21)18-7-9-19(10-8-18)27(23,24)13-5-6-14-15(11-13)26-17(22)20(14)12(2)3/h5-6,11-12H,4,7-10H2,1-3H3. The van der Waals surface area contributed by atoms with Crippen LogP contribution in [0.5, 0.6) is 0 Å². The molecular weight excluding hydrogens is 390 g/mol. The van der Waals surface area contributed by atoms with Crippen LogP contribution in [0.4, 0.5) is 4.79 Å². The Morgan fingerprint density at radius 1 is 1.22 bits per heavy atom. The second kappa shape index (κ2) is 7.61. The largest absolute Gasteiger partial charge is 0.450 e. The van der Waals surface area contributed by atoms with Gasteiger partial charge in [-0.15, -0.1) is 0 Å². The van der Waals surface area contributed by atoms with Crippen LogP contribution in [0.2, 0.25) is 0 Å². The molecule has 0 radical (unpaired) electrons. The second-order valence-corrected chi connectivity index (χ2v) is 9.48. The second-order valence-electron chi connectivity index (χ2n) is 6.55. The van der Waals surface area contributed by atoms with Crippen molar-refractivity contribution in [2.75, 3.05) is 32.8 Å². The van der Waals surface area contributed by atoms with Crippen molar-refractivity contribution in [3.05, 3.63) is 27.9 Å². The highest BCUT2D eigenvalue weighted by Gasteiger charge is 2.31. The van der Waals surface area contributed by atoms with E-state index in [1.165, 1.54) is 9.21 Å². The number of thiazole rings is 1. The highest BCUT2D eigenvalue weighted by atomic mass is 32.2. The first-order valence-corrected chi connectivity index (χ1v) is 11.1. The van der Waals surface area contributed by atoms with E-state index in [0.717, 1.165) is 16.9 Å². The Labute approximate surface area is 162 Å². The Morgan fingerprint density at radius 2 is 1.89 bits per heavy atom. The highest BCUT2D eigenvalue weighted by molar-refractivity contribution is 7.89. The third-order valence-electron chi connectivity index (χ3n) is 4.50. The third-order valence-corrected chi connectivity index (χ3v) is 7.32. The lowest BCUT2D eigenvalue weighted by molar-refractivity contribution is 0.0934. The molecule has 1 saturated heterocycles. The molecule has 10 heteroatoms. The zero-order chi connectivity index (χ0) is 19.8. The molecule has 0 N–H and O–H groups in total. The predicted octanol–water partition coefficient (Wildman–Crippen LogP) is 2.11. The number of piperazine rings is 1. The van der Waals surface area contributed by atoms with E-state index in [0.29, 0.717) is 4.70 Å². The van der Waals surface area contributed by atoms with E-state index in [9.17, 15) is 18.0 Å². The Bertz CT molecular complexity index is 1000. The summed E-state index contributed by atoms with van der Waals surface area (Å²) in [6.45, 7) is 6.86. The number of rotatable bonds is 4. The number of ether oxygens (including phenoxy) is 1. The van der Waals surface area contributed by atoms with E-state index < -0.39 is 16.1 Å². The van der Waals surface area contributed by atoms with Gasteiger partial charge in [0.05, 0.1) is 21.7 Å². The summed E-state index contributed by atoms with van der Waals surface area (Å²) in [5.41, 5.74) is 0.742. The maximum atomic E-state index is 13.0. The van der Waals surface area contributed by atoms with E-state index in [4.69, 9.17) is 4.74 Å². The molecule has 0 unspecified atom stereocenters. The molecule has 0 atom stereocenters. The molecule has 0 saturated carbocycles. The quantitative estimate of drug-likeness (QED) is 0.766. The Morgan fingerprint density at radius 3 is 2.48 bits per heavy atom. The van der Waals surface area contributed by atoms with Gasteiger partial charge in [0, 0.05) is 32.2 Å². The fourth-order valence-electron chi connectivity index (χ4n) is 3.14. The van der Waals surface area contributed by atoms with Gasteiger partial charge in [-0.2, -0.15) is 4.31 Å². The predicted molar refractivity (Wildman–Crippen MR) is 104 cm³/mol. The van der Waals surface area contributed by atoms with E-state index in [1.54, 1.807) is 29.7 Å². The van der Waals surface area contributed by atoms with Crippen LogP contribution >= 0.6 is 11.3 Å². The first-order valence-electron chi connectivity index (χ1n) is 8.82. The van der Waals surface area contributed by atoms with Gasteiger partial charge < -0.3 is 9.64 Å². The van der Waals surface area contributed by atoms with Crippen LogP contribution in [0.25, 0.3) is 10.2 Å². The molecule has 1 fully saturated rings. The van der Waals surface area contributed by atoms with E-state index >= 15 is 0 Å². The van der Waals surface area contributed by atoms with Gasteiger partial charge in [0.1, 0.15) is 0 Å². The van der Waals surface area contributed by atoms with Gasteiger partial charge in [0.15, 0.2) is 0 Å². The molecule has 1 aromatic heterocycles. The van der Waals surface area contributed by atoms with Crippen LogP contribution < -0.4 is 4.87 Å². The number of fused-ring (bicyclic) bond motifs is 1. The molecule has 2 aromatic rings. The first kappa shape index (κ1) is 19.8. The number of carbonyl (C=O) groups is 1. The number of carbonyl (C=O) groups excluding carboxylic acids is 1. The third kappa shape index (κ3) is 3.74. The lowest BCUT2D eigenvalue weighted by atomic mass is 10.3. The van der Waals surface area contributed by atoms with Crippen molar-refractivity contribution in [2.45, 2.75) is 31.7 Å². The topological polar surface area (TPSA) is 88.9 Å². The van der Waals surface area contributed by atoms with Gasteiger partial charge in [-0.3, -0.25) is 9.36 Å². The smallest absolute Gasteiger partial charge is 0.409 e. The fraction of sp³-hybridized carbons (Fsp3) is 0.529. The summed E-state index contributed by atoms with van der Waals surface area (Å²) in [5.74, 6) is 0. The van der Waals surface area contributed by atoms with Gasteiger partial charge >= 0.3 is 11.0 Å². The summed E-state index contributed by atoms with van der Waals surface area (Å²) in [6.07, 6.45) is -0.421. The lowest BCUT2D eigenvalue weighted by Crippen LogP contribution is -2.50. The Kier molecular flexibility index (Phi) is 5.59. The monoisotopic (exact) mass is 413 g/mol. The van der Waals surface area contributed by atoms with Gasteiger partial charge in [-0.05, 0) is 39.0 Å². The van der Waals surface area contributed by atoms with Gasteiger partial charge in [-0.1, -0.05) is 11.3 Å². The van der Waals surface area contributed by atoms with Crippen LogP contribution in [0.15, 0.2) is 27.9 Å². The van der Waals surface area contributed by atoms with E-state index in [-0.39, 0.29) is 48.6 Å². The van der Waals surface area contributed by atoms with E-state index in [1.807, 2.05) is 13.8 Å². The number of benzene rings is 1. The van der Waals surface area contributed by atoms with Crippen molar-refractivity contribution in [3.8, 4) is 0 Å². The Balaban J connectivity index is 1.84. The summed E-state index contributed by atoms with van der Waals surface area (Å²) in [4.78, 5) is 25.5. The normalized spacial score (nSPS) is 16.2. The molecule has 0 bridgehead atoms. The summed E-state index contributed by atoms with van der Waals surface area (Å²) < 4.78 is 34.6. The summed E-state index contributed by atoms with van der Waals surface area (Å²) >= 11 is 1.05. The average molecular weight is 414 g/mol. The van der Waals surface area contributed by atoms with Gasteiger partial charge in [-0.25, -0.2) is 13.2 Å². The van der Waals surface area contributed by atoms with Crippen molar-refractivity contribution in [1.29, 1.82) is 0 Å². The molecule has 0 aliphatic carbocycles. The zero-order valence-electron chi connectivity index (χ0n) is 15.5. The molecule has 1 aliphatic rings. The number of hydrogen-bond acceptors (Lipinski definition) is 6. The minimum atomic E-state index is -3.69. The van der Waals surface area contributed by atoms with Crippen molar-refractivity contribution in [2.24, 2.45) is 0 Å². The number of nitrogens with zero attached hydrogens (tertiary/aromatic N) is 3. The van der Waals surface area contributed by atoms with Crippen molar-refractivity contribution < 1.29 is 17.9 Å². The molecule has 2 heterocycles. The van der Waals surface area contributed by atoms with Crippen LogP contribution in [0.3, 0.4) is 0 Å². The number of sulfonamides is 1. The van der Waals surface area contributed by atoms with Gasteiger partial charge in [0.25, 0.3) is 0 Å². The van der Waals surface area contributed by atoms with E-state index in [2.05, 4.69) is 0 Å². The summed E-state index contributed by atoms with van der Waals surface area (Å²) in [6, 6.07) is 4.80. The molecule has 3 rings (SSSR count). The van der Waals surface area contributed by atoms with Gasteiger partial charge in [0.2, 0.25) is 10.0 Å². The minimum Gasteiger partial charge on any atom is -0.450 e. The molecule has 27 heavy (non-hydrogen) atoms. The van der Waals surface area contributed by atoms with Crippen molar-refractivity contribution in [1.82, 2.24) is 13.8 Å². The average Bonchev–Trinajstić information content (AvgIpc) is 2.97. The van der Waals surface area contributed by atoms with Crippen LogP contribution in [0.1, 0.15) is 26.8 Å². The molecule has 1 aromatic carbocycles. The number of aromatic nitrogens is 1. The number of amides is 1. The Hall–Kier alpha value is -1.91. The summed E-state index contributed by atoms with van der Waals surface area (Å²) in [5, 5.41) is 0. The zero-order valence-corrected chi connectivity index (χ0v) is 17.2. The minimum absolute atomic E-state index is 0.00432.